The van der Waals surface area contributed by atoms with Crippen LogP contribution in [0.5, 0.6) is 11.5 Å². The van der Waals surface area contributed by atoms with Gasteiger partial charge in [-0.25, -0.2) is 4.79 Å². The van der Waals surface area contributed by atoms with Crippen molar-refractivity contribution in [2.75, 3.05) is 13.2 Å². The number of carboxylic acid groups (broad SMARTS) is 1. The van der Waals surface area contributed by atoms with Crippen LogP contribution in [0.1, 0.15) is 25.0 Å². The minimum Gasteiger partial charge on any atom is -0.490 e. The minimum absolute atomic E-state index is 0.103. The van der Waals surface area contributed by atoms with Crippen LogP contribution in [0.4, 0.5) is 26.3 Å². The van der Waals surface area contributed by atoms with Crippen LogP contribution in [-0.2, 0) is 16.8 Å². The van der Waals surface area contributed by atoms with Crippen molar-refractivity contribution >= 4 is 5.97 Å². The van der Waals surface area contributed by atoms with E-state index >= 15 is 0 Å². The zero-order valence-corrected chi connectivity index (χ0v) is 13.7. The maximum atomic E-state index is 13.1. The summed E-state index contributed by atoms with van der Waals surface area (Å²) in [6.07, 6.45) is -12.2. The molecule has 0 saturated carbocycles. The van der Waals surface area contributed by atoms with Crippen molar-refractivity contribution in [2.24, 2.45) is 0 Å². The summed E-state index contributed by atoms with van der Waals surface area (Å²) in [5.74, 6) is -2.23. The molecule has 0 heterocycles. The molecule has 0 aliphatic heterocycles. The Morgan fingerprint density at radius 3 is 1.96 bits per heavy atom. The number of carbonyl (C=O) groups is 1. The highest BCUT2D eigenvalue weighted by Gasteiger charge is 2.71. The van der Waals surface area contributed by atoms with Gasteiger partial charge in [0.1, 0.15) is 0 Å². The van der Waals surface area contributed by atoms with Crippen molar-refractivity contribution < 1.29 is 50.8 Å². The zero-order chi connectivity index (χ0) is 20.3. The molecule has 2 N–H and O–H groups in total. The summed E-state index contributed by atoms with van der Waals surface area (Å²) in [7, 11) is 0. The molecule has 0 fully saturated rings. The average Bonchev–Trinajstić information content (AvgIpc) is 2.49. The SMILES string of the molecule is CCOc1cc(C(O)(C(F)(F)F)C(F)(F)F)cc(CC)c1OCC(=O)O. The molecule has 148 valence electrons. The Morgan fingerprint density at radius 2 is 1.58 bits per heavy atom. The molecule has 5 nitrogen and oxygen atoms in total. The van der Waals surface area contributed by atoms with Crippen molar-refractivity contribution in [3.05, 3.63) is 23.3 Å². The first-order chi connectivity index (χ1) is 11.8. The molecule has 0 aromatic heterocycles. The van der Waals surface area contributed by atoms with Gasteiger partial charge in [-0.15, -0.1) is 0 Å². The summed E-state index contributed by atoms with van der Waals surface area (Å²) in [4.78, 5) is 10.6. The maximum Gasteiger partial charge on any atom is 0.430 e. The lowest BCUT2D eigenvalue weighted by Crippen LogP contribution is -2.54. The van der Waals surface area contributed by atoms with E-state index in [0.29, 0.717) is 12.1 Å². The van der Waals surface area contributed by atoms with E-state index in [2.05, 4.69) is 0 Å². The summed E-state index contributed by atoms with van der Waals surface area (Å²) in [6.45, 7) is 1.80. The minimum atomic E-state index is -6.05. The fourth-order valence-corrected chi connectivity index (χ4v) is 2.18. The van der Waals surface area contributed by atoms with Gasteiger partial charge in [0.2, 0.25) is 0 Å². The van der Waals surface area contributed by atoms with Gasteiger partial charge in [0, 0.05) is 5.56 Å². The first-order valence-corrected chi connectivity index (χ1v) is 7.30. The average molecular weight is 390 g/mol. The van der Waals surface area contributed by atoms with E-state index in [1.807, 2.05) is 0 Å². The summed E-state index contributed by atoms with van der Waals surface area (Å²) in [5.41, 5.74) is -6.80. The highest BCUT2D eigenvalue weighted by Crippen LogP contribution is 2.51. The zero-order valence-electron chi connectivity index (χ0n) is 13.7. The third kappa shape index (κ3) is 4.14. The molecule has 0 aliphatic rings. The van der Waals surface area contributed by atoms with E-state index in [1.165, 1.54) is 13.8 Å². The number of ether oxygens (including phenoxy) is 2. The number of aliphatic carboxylic acids is 1. The van der Waals surface area contributed by atoms with Gasteiger partial charge in [-0.2, -0.15) is 26.3 Å². The molecular formula is C15H16F6O5. The molecule has 0 atom stereocenters. The molecule has 0 radical (unpaired) electrons. The maximum absolute atomic E-state index is 13.1. The van der Waals surface area contributed by atoms with Gasteiger partial charge in [-0.1, -0.05) is 6.92 Å². The topological polar surface area (TPSA) is 76.0 Å². The van der Waals surface area contributed by atoms with Crippen LogP contribution in [0.2, 0.25) is 0 Å². The number of carboxylic acids is 1. The molecule has 0 spiro atoms. The lowest BCUT2D eigenvalue weighted by atomic mass is 9.90. The Bertz CT molecular complexity index is 639. The number of rotatable bonds is 7. The molecule has 11 heteroatoms. The van der Waals surface area contributed by atoms with Crippen LogP contribution in [0.25, 0.3) is 0 Å². The third-order valence-electron chi connectivity index (χ3n) is 3.39. The number of hydrogen-bond donors (Lipinski definition) is 2. The fourth-order valence-electron chi connectivity index (χ4n) is 2.18. The Balaban J connectivity index is 3.67. The first-order valence-electron chi connectivity index (χ1n) is 7.30. The number of alkyl halides is 6. The van der Waals surface area contributed by atoms with Crippen LogP contribution in [0.3, 0.4) is 0 Å². The van der Waals surface area contributed by atoms with Gasteiger partial charge in [-0.3, -0.25) is 0 Å². The van der Waals surface area contributed by atoms with E-state index < -0.39 is 41.8 Å². The van der Waals surface area contributed by atoms with Gasteiger partial charge in [0.15, 0.2) is 18.1 Å². The van der Waals surface area contributed by atoms with E-state index in [4.69, 9.17) is 14.6 Å². The van der Waals surface area contributed by atoms with Crippen molar-refractivity contribution in [1.82, 2.24) is 0 Å². The highest BCUT2D eigenvalue weighted by molar-refractivity contribution is 5.69. The monoisotopic (exact) mass is 390 g/mol. The van der Waals surface area contributed by atoms with E-state index in [-0.39, 0.29) is 24.3 Å². The van der Waals surface area contributed by atoms with Gasteiger partial charge in [0.05, 0.1) is 6.61 Å². The number of hydrogen-bond acceptors (Lipinski definition) is 4. The fraction of sp³-hybridized carbons (Fsp3) is 0.533. The van der Waals surface area contributed by atoms with Crippen molar-refractivity contribution in [1.29, 1.82) is 0 Å². The highest BCUT2D eigenvalue weighted by atomic mass is 19.4. The molecule has 1 aromatic carbocycles. The van der Waals surface area contributed by atoms with E-state index in [1.54, 1.807) is 0 Å². The van der Waals surface area contributed by atoms with E-state index in [9.17, 15) is 36.2 Å². The largest absolute Gasteiger partial charge is 0.490 e. The van der Waals surface area contributed by atoms with Crippen molar-refractivity contribution in [3.8, 4) is 11.5 Å². The third-order valence-corrected chi connectivity index (χ3v) is 3.39. The van der Waals surface area contributed by atoms with Crippen molar-refractivity contribution in [2.45, 2.75) is 38.2 Å². The molecule has 26 heavy (non-hydrogen) atoms. The molecule has 0 amide bonds. The molecule has 0 unspecified atom stereocenters. The molecular weight excluding hydrogens is 374 g/mol. The standard InChI is InChI=1S/C15H16F6O5/c1-3-8-5-9(13(24,14(16,17)18)15(19,20)21)6-10(25-4-2)12(8)26-7-11(22)23/h5-6,24H,3-4,7H2,1-2H3,(H,22,23). The number of aryl methyl sites for hydroxylation is 1. The normalized spacial score (nSPS) is 12.8. The second-order valence-electron chi connectivity index (χ2n) is 5.14. The van der Waals surface area contributed by atoms with Gasteiger partial charge in [0.25, 0.3) is 5.60 Å². The van der Waals surface area contributed by atoms with E-state index in [0.717, 1.165) is 0 Å². The smallest absolute Gasteiger partial charge is 0.430 e. The predicted molar refractivity (Wildman–Crippen MR) is 76.1 cm³/mol. The van der Waals surface area contributed by atoms with Crippen LogP contribution < -0.4 is 9.47 Å². The quantitative estimate of drug-likeness (QED) is 0.698. The van der Waals surface area contributed by atoms with Crippen LogP contribution >= 0.6 is 0 Å². The second-order valence-corrected chi connectivity index (χ2v) is 5.14. The Hall–Kier alpha value is -2.17. The van der Waals surface area contributed by atoms with Crippen LogP contribution in [0.15, 0.2) is 12.1 Å². The summed E-state index contributed by atoms with van der Waals surface area (Å²) < 4.78 is 88.4. The first kappa shape index (κ1) is 21.9. The predicted octanol–water partition coefficient (Wildman–Crippen LogP) is 3.42. The van der Waals surface area contributed by atoms with Gasteiger partial charge >= 0.3 is 18.3 Å². The molecule has 1 rings (SSSR count). The summed E-state index contributed by atoms with van der Waals surface area (Å²) in [5, 5.41) is 18.2. The van der Waals surface area contributed by atoms with Crippen LogP contribution in [0, 0.1) is 0 Å². The lowest BCUT2D eigenvalue weighted by Gasteiger charge is -2.33. The Labute approximate surface area is 144 Å². The number of aliphatic hydroxyl groups is 1. The van der Waals surface area contributed by atoms with Gasteiger partial charge < -0.3 is 19.7 Å². The number of halogens is 6. The van der Waals surface area contributed by atoms with Crippen molar-refractivity contribution in [3.63, 3.8) is 0 Å². The molecule has 0 saturated heterocycles. The second kappa shape index (κ2) is 7.60. The lowest BCUT2D eigenvalue weighted by molar-refractivity contribution is -0.376. The Kier molecular flexibility index (Phi) is 6.40. The van der Waals surface area contributed by atoms with Crippen LogP contribution in [-0.4, -0.2) is 41.7 Å². The Morgan fingerprint density at radius 1 is 1.04 bits per heavy atom. The summed E-state index contributed by atoms with van der Waals surface area (Å²) >= 11 is 0. The van der Waals surface area contributed by atoms with Gasteiger partial charge in [-0.05, 0) is 31.0 Å². The summed E-state index contributed by atoms with van der Waals surface area (Å²) in [6, 6.07) is 0.821. The number of benzene rings is 1. The molecule has 1 aromatic rings. The molecule has 0 aliphatic carbocycles. The molecule has 0 bridgehead atoms.